The number of nitrogens with zero attached hydrogens (tertiary/aromatic N) is 3. The van der Waals surface area contributed by atoms with E-state index in [2.05, 4.69) is 14.9 Å². The Labute approximate surface area is 137 Å². The second-order valence-corrected chi connectivity index (χ2v) is 5.98. The van der Waals surface area contributed by atoms with E-state index in [0.717, 1.165) is 30.8 Å². The van der Waals surface area contributed by atoms with Crippen molar-refractivity contribution in [1.82, 2.24) is 14.9 Å². The van der Waals surface area contributed by atoms with Gasteiger partial charge in [0.2, 0.25) is 5.88 Å². The SMILES string of the molecule is CCOc1ccc(CN2C[C@@H](Cc3ccccn3)[C@H](O)C2)cn1. The average Bonchev–Trinajstić information content (AvgIpc) is 2.90. The number of hydrogen-bond acceptors (Lipinski definition) is 5. The van der Waals surface area contributed by atoms with Crippen LogP contribution in [0.5, 0.6) is 5.88 Å². The molecule has 1 aliphatic rings. The van der Waals surface area contributed by atoms with Crippen molar-refractivity contribution in [3.63, 3.8) is 0 Å². The van der Waals surface area contributed by atoms with Gasteiger partial charge < -0.3 is 9.84 Å². The predicted octanol–water partition coefficient (Wildman–Crippen LogP) is 1.91. The summed E-state index contributed by atoms with van der Waals surface area (Å²) in [6.45, 7) is 4.95. The van der Waals surface area contributed by atoms with E-state index in [1.807, 2.05) is 43.5 Å². The largest absolute Gasteiger partial charge is 0.478 e. The summed E-state index contributed by atoms with van der Waals surface area (Å²) >= 11 is 0. The third kappa shape index (κ3) is 4.27. The summed E-state index contributed by atoms with van der Waals surface area (Å²) in [6, 6.07) is 9.87. The van der Waals surface area contributed by atoms with E-state index >= 15 is 0 Å². The zero-order valence-corrected chi connectivity index (χ0v) is 13.4. The molecule has 3 rings (SSSR count). The van der Waals surface area contributed by atoms with Gasteiger partial charge in [0.1, 0.15) is 0 Å². The van der Waals surface area contributed by atoms with Gasteiger partial charge in [-0.1, -0.05) is 12.1 Å². The number of pyridine rings is 2. The first kappa shape index (κ1) is 15.9. The van der Waals surface area contributed by atoms with Crippen LogP contribution in [0.2, 0.25) is 0 Å². The molecule has 2 aromatic heterocycles. The van der Waals surface area contributed by atoms with Crippen LogP contribution < -0.4 is 4.74 Å². The first-order chi connectivity index (χ1) is 11.2. The van der Waals surface area contributed by atoms with Crippen molar-refractivity contribution in [2.24, 2.45) is 5.92 Å². The van der Waals surface area contributed by atoms with E-state index in [0.29, 0.717) is 19.0 Å². The number of rotatable bonds is 6. The van der Waals surface area contributed by atoms with E-state index in [1.54, 1.807) is 6.20 Å². The van der Waals surface area contributed by atoms with Crippen molar-refractivity contribution in [2.75, 3.05) is 19.7 Å². The topological polar surface area (TPSA) is 58.5 Å². The van der Waals surface area contributed by atoms with E-state index in [4.69, 9.17) is 4.74 Å². The van der Waals surface area contributed by atoms with Gasteiger partial charge in [-0.15, -0.1) is 0 Å². The predicted molar refractivity (Wildman–Crippen MR) is 88.1 cm³/mol. The van der Waals surface area contributed by atoms with Gasteiger partial charge in [0.25, 0.3) is 0 Å². The van der Waals surface area contributed by atoms with Crippen molar-refractivity contribution in [2.45, 2.75) is 26.0 Å². The molecule has 0 radical (unpaired) electrons. The smallest absolute Gasteiger partial charge is 0.213 e. The standard InChI is InChI=1S/C18H23N3O2/c1-2-23-18-7-6-14(10-20-18)11-21-12-15(17(22)13-21)9-16-5-3-4-8-19-16/h3-8,10,15,17,22H,2,9,11-13H2,1H3/t15-,17-/m1/s1. The van der Waals surface area contributed by atoms with Crippen molar-refractivity contribution in [1.29, 1.82) is 0 Å². The minimum absolute atomic E-state index is 0.237. The highest BCUT2D eigenvalue weighted by molar-refractivity contribution is 5.18. The molecule has 3 heterocycles. The molecule has 0 amide bonds. The van der Waals surface area contributed by atoms with Crippen LogP contribution in [0.25, 0.3) is 0 Å². The quantitative estimate of drug-likeness (QED) is 0.883. The van der Waals surface area contributed by atoms with Gasteiger partial charge in [0.15, 0.2) is 0 Å². The second-order valence-electron chi connectivity index (χ2n) is 5.98. The van der Waals surface area contributed by atoms with Crippen LogP contribution in [0.15, 0.2) is 42.7 Å². The molecule has 1 fully saturated rings. The lowest BCUT2D eigenvalue weighted by Crippen LogP contribution is -2.21. The van der Waals surface area contributed by atoms with E-state index in [1.165, 1.54) is 0 Å². The maximum Gasteiger partial charge on any atom is 0.213 e. The summed E-state index contributed by atoms with van der Waals surface area (Å²) < 4.78 is 5.36. The van der Waals surface area contributed by atoms with Crippen LogP contribution in [-0.2, 0) is 13.0 Å². The molecule has 5 nitrogen and oxygen atoms in total. The number of aliphatic hydroxyl groups excluding tert-OH is 1. The summed E-state index contributed by atoms with van der Waals surface area (Å²) in [5.41, 5.74) is 2.18. The number of aliphatic hydroxyl groups is 1. The Morgan fingerprint density at radius 1 is 1.22 bits per heavy atom. The molecule has 0 saturated carbocycles. The summed E-state index contributed by atoms with van der Waals surface area (Å²) in [4.78, 5) is 10.9. The van der Waals surface area contributed by atoms with Gasteiger partial charge in [-0.25, -0.2) is 4.98 Å². The molecule has 0 aliphatic carbocycles. The molecule has 0 bridgehead atoms. The molecule has 2 aromatic rings. The van der Waals surface area contributed by atoms with E-state index in [9.17, 15) is 5.11 Å². The Balaban J connectivity index is 1.55. The van der Waals surface area contributed by atoms with Gasteiger partial charge in [-0.2, -0.15) is 0 Å². The van der Waals surface area contributed by atoms with Crippen molar-refractivity contribution in [3.05, 3.63) is 54.0 Å². The highest BCUT2D eigenvalue weighted by Gasteiger charge is 2.31. The van der Waals surface area contributed by atoms with Gasteiger partial charge in [-0.3, -0.25) is 9.88 Å². The first-order valence-electron chi connectivity index (χ1n) is 8.12. The lowest BCUT2D eigenvalue weighted by atomic mass is 10.00. The van der Waals surface area contributed by atoms with Crippen LogP contribution in [0.1, 0.15) is 18.2 Å². The Bertz CT molecular complexity index is 603. The van der Waals surface area contributed by atoms with Crippen LogP contribution >= 0.6 is 0 Å². The number of hydrogen-bond donors (Lipinski definition) is 1. The molecule has 1 saturated heterocycles. The maximum atomic E-state index is 10.3. The molecule has 1 N–H and O–H groups in total. The lowest BCUT2D eigenvalue weighted by Gasteiger charge is -2.15. The highest BCUT2D eigenvalue weighted by Crippen LogP contribution is 2.22. The summed E-state index contributed by atoms with van der Waals surface area (Å²) in [6.07, 6.45) is 4.18. The molecule has 2 atom stereocenters. The van der Waals surface area contributed by atoms with Crippen LogP contribution in [0.3, 0.4) is 0 Å². The number of aromatic nitrogens is 2. The van der Waals surface area contributed by atoms with Crippen molar-refractivity contribution in [3.8, 4) is 5.88 Å². The van der Waals surface area contributed by atoms with Crippen LogP contribution in [0, 0.1) is 5.92 Å². The van der Waals surface area contributed by atoms with Gasteiger partial charge >= 0.3 is 0 Å². The normalized spacial score (nSPS) is 21.5. The molecule has 0 unspecified atom stereocenters. The number of β-amino-alcohol motifs (C(OH)–C–C–N with tert-alkyl or cyclic N) is 1. The fraction of sp³-hybridized carbons (Fsp3) is 0.444. The maximum absolute atomic E-state index is 10.3. The molecule has 5 heteroatoms. The fourth-order valence-corrected chi connectivity index (χ4v) is 3.05. The van der Waals surface area contributed by atoms with Crippen LogP contribution in [0.4, 0.5) is 0 Å². The lowest BCUT2D eigenvalue weighted by molar-refractivity contribution is 0.140. The number of likely N-dealkylation sites (tertiary alicyclic amines) is 1. The molecular formula is C18H23N3O2. The molecule has 0 spiro atoms. The number of ether oxygens (including phenoxy) is 1. The Kier molecular flexibility index (Phi) is 5.20. The summed E-state index contributed by atoms with van der Waals surface area (Å²) in [7, 11) is 0. The Morgan fingerprint density at radius 3 is 2.83 bits per heavy atom. The Hall–Kier alpha value is -1.98. The third-order valence-electron chi connectivity index (χ3n) is 4.18. The van der Waals surface area contributed by atoms with Crippen LogP contribution in [-0.4, -0.2) is 45.8 Å². The summed E-state index contributed by atoms with van der Waals surface area (Å²) in [5, 5.41) is 10.3. The Morgan fingerprint density at radius 2 is 2.13 bits per heavy atom. The highest BCUT2D eigenvalue weighted by atomic mass is 16.5. The first-order valence-corrected chi connectivity index (χ1v) is 8.12. The molecule has 1 aliphatic heterocycles. The zero-order valence-electron chi connectivity index (χ0n) is 13.4. The van der Waals surface area contributed by atoms with E-state index in [-0.39, 0.29) is 12.0 Å². The van der Waals surface area contributed by atoms with Crippen molar-refractivity contribution < 1.29 is 9.84 Å². The van der Waals surface area contributed by atoms with Crippen molar-refractivity contribution >= 4 is 0 Å². The third-order valence-corrected chi connectivity index (χ3v) is 4.18. The molecule has 0 aromatic carbocycles. The zero-order chi connectivity index (χ0) is 16.1. The van der Waals surface area contributed by atoms with E-state index < -0.39 is 0 Å². The minimum atomic E-state index is -0.298. The monoisotopic (exact) mass is 313 g/mol. The second kappa shape index (κ2) is 7.53. The summed E-state index contributed by atoms with van der Waals surface area (Å²) in [5.74, 6) is 0.895. The average molecular weight is 313 g/mol. The van der Waals surface area contributed by atoms with Gasteiger partial charge in [0.05, 0.1) is 12.7 Å². The minimum Gasteiger partial charge on any atom is -0.478 e. The molecule has 23 heavy (non-hydrogen) atoms. The van der Waals surface area contributed by atoms with Gasteiger partial charge in [0, 0.05) is 49.7 Å². The molecular weight excluding hydrogens is 290 g/mol. The molecule has 122 valence electrons. The van der Waals surface area contributed by atoms with Gasteiger partial charge in [-0.05, 0) is 31.0 Å². The fourth-order valence-electron chi connectivity index (χ4n) is 3.05.